The van der Waals surface area contributed by atoms with Crippen LogP contribution in [0.15, 0.2) is 24.5 Å². The number of ether oxygens (including phenoxy) is 2. The molecule has 2 heterocycles. The van der Waals surface area contributed by atoms with Crippen LogP contribution in [0, 0.1) is 0 Å². The molecule has 8 nitrogen and oxygen atoms in total. The Balaban J connectivity index is 2.10. The van der Waals surface area contributed by atoms with E-state index in [-0.39, 0.29) is 6.03 Å². The molecule has 24 heavy (non-hydrogen) atoms. The zero-order valence-corrected chi connectivity index (χ0v) is 14.1. The summed E-state index contributed by atoms with van der Waals surface area (Å²) in [4.78, 5) is 25.7. The van der Waals surface area contributed by atoms with Gasteiger partial charge in [0.15, 0.2) is 0 Å². The molecular formula is C16H22N4O4. The highest BCUT2D eigenvalue weighted by molar-refractivity contribution is 5.98. The maximum absolute atomic E-state index is 12.2. The highest BCUT2D eigenvalue weighted by atomic mass is 16.5. The van der Waals surface area contributed by atoms with Gasteiger partial charge in [-0.05, 0) is 25.5 Å². The Kier molecular flexibility index (Phi) is 6.14. The molecule has 0 unspecified atom stereocenters. The smallest absolute Gasteiger partial charge is 0.341 e. The van der Waals surface area contributed by atoms with E-state index >= 15 is 0 Å². The summed E-state index contributed by atoms with van der Waals surface area (Å²) in [7, 11) is 3.34. The number of nitrogens with zero attached hydrogens (tertiary/aromatic N) is 3. The largest absolute Gasteiger partial charge is 0.462 e. The molecule has 0 aliphatic heterocycles. The van der Waals surface area contributed by atoms with E-state index in [0.29, 0.717) is 36.5 Å². The molecule has 0 fully saturated rings. The van der Waals surface area contributed by atoms with Crippen LogP contribution in [0.1, 0.15) is 23.7 Å². The van der Waals surface area contributed by atoms with E-state index in [4.69, 9.17) is 9.47 Å². The van der Waals surface area contributed by atoms with Crippen molar-refractivity contribution in [2.45, 2.75) is 13.3 Å². The fourth-order valence-electron chi connectivity index (χ4n) is 2.19. The lowest BCUT2D eigenvalue weighted by atomic mass is 10.2. The summed E-state index contributed by atoms with van der Waals surface area (Å²) in [6, 6.07) is 3.18. The molecule has 0 aromatic carbocycles. The van der Waals surface area contributed by atoms with E-state index < -0.39 is 5.97 Å². The fourth-order valence-corrected chi connectivity index (χ4v) is 2.19. The maximum Gasteiger partial charge on any atom is 0.341 e. The summed E-state index contributed by atoms with van der Waals surface area (Å²) in [5.74, 6) is -0.437. The molecule has 0 saturated heterocycles. The number of fused-ring (bicyclic) bond motifs is 1. The third-order valence-corrected chi connectivity index (χ3v) is 3.46. The Bertz CT molecular complexity index is 713. The van der Waals surface area contributed by atoms with Crippen molar-refractivity contribution in [3.63, 3.8) is 0 Å². The van der Waals surface area contributed by atoms with Crippen LogP contribution in [0.25, 0.3) is 5.52 Å². The number of aromatic nitrogens is 2. The van der Waals surface area contributed by atoms with E-state index in [9.17, 15) is 9.59 Å². The normalized spacial score (nSPS) is 10.6. The van der Waals surface area contributed by atoms with Crippen LogP contribution < -0.4 is 5.32 Å². The van der Waals surface area contributed by atoms with Crippen molar-refractivity contribution in [2.24, 2.45) is 0 Å². The van der Waals surface area contributed by atoms with Crippen LogP contribution in [0.5, 0.6) is 0 Å². The molecule has 0 aliphatic carbocycles. The first kappa shape index (κ1) is 17.7. The summed E-state index contributed by atoms with van der Waals surface area (Å²) < 4.78 is 11.5. The molecule has 0 spiro atoms. The molecule has 8 heteroatoms. The summed E-state index contributed by atoms with van der Waals surface area (Å²) >= 11 is 0. The lowest BCUT2D eigenvalue weighted by molar-refractivity contribution is 0.0528. The van der Waals surface area contributed by atoms with Crippen molar-refractivity contribution in [2.75, 3.05) is 39.2 Å². The SMILES string of the molecule is CCOC(=O)c1cnn2ccc(NC(=O)N(C)CCCOC)cc12. The van der Waals surface area contributed by atoms with E-state index in [1.54, 1.807) is 48.8 Å². The highest BCUT2D eigenvalue weighted by Gasteiger charge is 2.15. The molecule has 2 amide bonds. The molecule has 0 radical (unpaired) electrons. The Hall–Kier alpha value is -2.61. The van der Waals surface area contributed by atoms with Crippen molar-refractivity contribution in [1.82, 2.24) is 14.5 Å². The molecular weight excluding hydrogens is 312 g/mol. The van der Waals surface area contributed by atoms with Gasteiger partial charge in [-0.25, -0.2) is 14.1 Å². The molecule has 1 N–H and O–H groups in total. The summed E-state index contributed by atoms with van der Waals surface area (Å²) in [5.41, 5.74) is 1.52. The number of hydrogen-bond acceptors (Lipinski definition) is 5. The van der Waals surface area contributed by atoms with Gasteiger partial charge in [0.1, 0.15) is 5.56 Å². The molecule has 0 bridgehead atoms. The highest BCUT2D eigenvalue weighted by Crippen LogP contribution is 2.17. The van der Waals surface area contributed by atoms with Crippen molar-refractivity contribution in [3.8, 4) is 0 Å². The molecule has 0 saturated carbocycles. The lowest BCUT2D eigenvalue weighted by Gasteiger charge is -2.17. The number of esters is 1. The van der Waals surface area contributed by atoms with Crippen LogP contribution >= 0.6 is 0 Å². The van der Waals surface area contributed by atoms with Crippen LogP contribution in [0.3, 0.4) is 0 Å². The van der Waals surface area contributed by atoms with Gasteiger partial charge in [-0.1, -0.05) is 0 Å². The van der Waals surface area contributed by atoms with E-state index in [1.165, 1.54) is 6.20 Å². The van der Waals surface area contributed by atoms with Gasteiger partial charge >= 0.3 is 12.0 Å². The number of anilines is 1. The number of nitrogens with one attached hydrogen (secondary N) is 1. The van der Waals surface area contributed by atoms with Gasteiger partial charge < -0.3 is 19.7 Å². The number of carbonyl (C=O) groups is 2. The summed E-state index contributed by atoms with van der Waals surface area (Å²) in [6.07, 6.45) is 3.89. The number of carbonyl (C=O) groups excluding carboxylic acids is 2. The van der Waals surface area contributed by atoms with Gasteiger partial charge in [-0.2, -0.15) is 5.10 Å². The second-order valence-electron chi connectivity index (χ2n) is 5.22. The van der Waals surface area contributed by atoms with Gasteiger partial charge in [0, 0.05) is 39.2 Å². The Morgan fingerprint density at radius 2 is 2.21 bits per heavy atom. The zero-order valence-electron chi connectivity index (χ0n) is 14.1. The van der Waals surface area contributed by atoms with E-state index in [1.807, 2.05) is 0 Å². The first-order valence-corrected chi connectivity index (χ1v) is 7.72. The number of amides is 2. The molecule has 130 valence electrons. The average Bonchev–Trinajstić information content (AvgIpc) is 2.98. The second-order valence-corrected chi connectivity index (χ2v) is 5.22. The predicted molar refractivity (Wildman–Crippen MR) is 89.3 cm³/mol. The topological polar surface area (TPSA) is 85.2 Å². The number of hydrogen-bond donors (Lipinski definition) is 1. The van der Waals surface area contributed by atoms with E-state index in [2.05, 4.69) is 10.4 Å². The number of pyridine rings is 1. The average molecular weight is 334 g/mol. The van der Waals surface area contributed by atoms with Crippen molar-refractivity contribution in [1.29, 1.82) is 0 Å². The third kappa shape index (κ3) is 4.23. The minimum absolute atomic E-state index is 0.229. The third-order valence-electron chi connectivity index (χ3n) is 3.46. The Labute approximate surface area is 140 Å². The van der Waals surface area contributed by atoms with Crippen molar-refractivity contribution in [3.05, 3.63) is 30.1 Å². The van der Waals surface area contributed by atoms with Crippen LogP contribution in [0.2, 0.25) is 0 Å². The molecule has 0 atom stereocenters. The monoisotopic (exact) mass is 334 g/mol. The fraction of sp³-hybridized carbons (Fsp3) is 0.438. The van der Waals surface area contributed by atoms with Crippen LogP contribution in [-0.4, -0.2) is 60.4 Å². The summed E-state index contributed by atoms with van der Waals surface area (Å²) in [5, 5.41) is 6.91. The molecule has 2 aromatic heterocycles. The van der Waals surface area contributed by atoms with Crippen molar-refractivity contribution < 1.29 is 19.1 Å². The van der Waals surface area contributed by atoms with Crippen LogP contribution in [-0.2, 0) is 9.47 Å². The minimum atomic E-state index is -0.437. The first-order valence-electron chi connectivity index (χ1n) is 7.72. The second kappa shape index (κ2) is 8.30. The van der Waals surface area contributed by atoms with Gasteiger partial charge in [-0.15, -0.1) is 0 Å². The maximum atomic E-state index is 12.2. The molecule has 0 aliphatic rings. The van der Waals surface area contributed by atoms with Gasteiger partial charge in [0.25, 0.3) is 0 Å². The number of urea groups is 1. The lowest BCUT2D eigenvalue weighted by Crippen LogP contribution is -2.32. The summed E-state index contributed by atoms with van der Waals surface area (Å²) in [6.45, 7) is 3.22. The Morgan fingerprint density at radius 1 is 1.42 bits per heavy atom. The van der Waals surface area contributed by atoms with Crippen molar-refractivity contribution >= 4 is 23.2 Å². The molecule has 2 aromatic rings. The van der Waals surface area contributed by atoms with Gasteiger partial charge in [0.2, 0.25) is 0 Å². The number of methoxy groups -OCH3 is 1. The minimum Gasteiger partial charge on any atom is -0.462 e. The molecule has 2 rings (SSSR count). The quantitative estimate of drug-likeness (QED) is 0.618. The zero-order chi connectivity index (χ0) is 17.5. The first-order chi connectivity index (χ1) is 11.6. The predicted octanol–water partition coefficient (Wildman–Crippen LogP) is 2.01. The standard InChI is InChI=1S/C16H22N4O4/c1-4-24-15(21)13-11-17-20-8-6-12(10-14(13)20)18-16(22)19(2)7-5-9-23-3/h6,8,10-11H,4-5,7,9H2,1-3H3,(H,18,22). The number of rotatable bonds is 7. The van der Waals surface area contributed by atoms with E-state index in [0.717, 1.165) is 6.42 Å². The van der Waals surface area contributed by atoms with Gasteiger partial charge in [0.05, 0.1) is 18.3 Å². The van der Waals surface area contributed by atoms with Crippen LogP contribution in [0.4, 0.5) is 10.5 Å². The Morgan fingerprint density at radius 3 is 2.92 bits per heavy atom. The van der Waals surface area contributed by atoms with Gasteiger partial charge in [-0.3, -0.25) is 0 Å².